The molecule has 1 heterocycles. The summed E-state index contributed by atoms with van der Waals surface area (Å²) in [5.74, 6) is 1.33. The molecule has 0 radical (unpaired) electrons. The van der Waals surface area contributed by atoms with Crippen LogP contribution in [0, 0.1) is 0 Å². The van der Waals surface area contributed by atoms with Crippen molar-refractivity contribution in [1.29, 1.82) is 0 Å². The lowest BCUT2D eigenvalue weighted by molar-refractivity contribution is 0.201. The van der Waals surface area contributed by atoms with E-state index in [1.54, 1.807) is 41.5 Å². The zero-order valence-electron chi connectivity index (χ0n) is 19.1. The van der Waals surface area contributed by atoms with Crippen LogP contribution in [0.5, 0.6) is 11.5 Å². The second-order valence-corrected chi connectivity index (χ2v) is 9.49. The molecule has 0 unspecified atom stereocenters. The van der Waals surface area contributed by atoms with Gasteiger partial charge in [0, 0.05) is 12.2 Å². The molecule has 3 rings (SSSR count). The van der Waals surface area contributed by atoms with Gasteiger partial charge in [0.1, 0.15) is 5.76 Å². The fourth-order valence-corrected chi connectivity index (χ4v) is 3.67. The summed E-state index contributed by atoms with van der Waals surface area (Å²) in [6, 6.07) is 15.8. The Morgan fingerprint density at radius 3 is 2.36 bits per heavy atom. The number of benzene rings is 2. The van der Waals surface area contributed by atoms with Crippen LogP contribution >= 0.6 is 0 Å². The van der Waals surface area contributed by atoms with Crippen molar-refractivity contribution in [3.63, 3.8) is 0 Å². The summed E-state index contributed by atoms with van der Waals surface area (Å²) < 4.78 is 38.9. The minimum atomic E-state index is -3.75. The van der Waals surface area contributed by atoms with E-state index in [1.165, 1.54) is 12.7 Å². The van der Waals surface area contributed by atoms with Crippen LogP contribution in [0.4, 0.5) is 10.5 Å². The number of nitrogens with one attached hydrogen (secondary N) is 1. The van der Waals surface area contributed by atoms with Gasteiger partial charge in [-0.25, -0.2) is 4.79 Å². The molecule has 9 heteroatoms. The maximum Gasteiger partial charge on any atom is 0.322 e. The number of hydrogen-bond acceptors (Lipinski definition) is 6. The number of ether oxygens (including phenoxy) is 1. The molecule has 0 spiro atoms. The molecule has 0 aliphatic heterocycles. The van der Waals surface area contributed by atoms with Gasteiger partial charge in [0.2, 0.25) is 0 Å². The predicted molar refractivity (Wildman–Crippen MR) is 126 cm³/mol. The van der Waals surface area contributed by atoms with Crippen molar-refractivity contribution >= 4 is 21.8 Å². The van der Waals surface area contributed by atoms with Crippen molar-refractivity contribution < 1.29 is 26.5 Å². The van der Waals surface area contributed by atoms with E-state index < -0.39 is 10.1 Å². The highest BCUT2D eigenvalue weighted by Crippen LogP contribution is 2.30. The molecule has 0 saturated carbocycles. The largest absolute Gasteiger partial charge is 0.493 e. The maximum atomic E-state index is 13.1. The smallest absolute Gasteiger partial charge is 0.322 e. The molecule has 0 aliphatic rings. The van der Waals surface area contributed by atoms with Crippen molar-refractivity contribution in [2.45, 2.75) is 32.9 Å². The number of urea groups is 1. The lowest BCUT2D eigenvalue weighted by atomic mass is 10.0. The van der Waals surface area contributed by atoms with Crippen molar-refractivity contribution in [3.05, 3.63) is 77.7 Å². The molecular formula is C24H28N2O6S. The molecule has 3 aromatic rings. The number of anilines is 1. The highest BCUT2D eigenvalue weighted by Gasteiger charge is 2.19. The molecule has 33 heavy (non-hydrogen) atoms. The molecule has 2 aromatic carbocycles. The van der Waals surface area contributed by atoms with E-state index >= 15 is 0 Å². The number of methoxy groups -OCH3 is 1. The fraction of sp³-hybridized carbons (Fsp3) is 0.292. The quantitative estimate of drug-likeness (QED) is 0.441. The Kier molecular flexibility index (Phi) is 7.65. The van der Waals surface area contributed by atoms with Gasteiger partial charge >= 0.3 is 16.1 Å². The summed E-state index contributed by atoms with van der Waals surface area (Å²) >= 11 is 0. The number of amides is 2. The standard InChI is InChI=1S/C24H28N2O6S/c1-17(2)19-8-10-20(11-9-19)25-24(27)26(16-21-6-5-13-31-21)15-18-7-12-22(30-3)23(14-18)32-33(4,28)29/h5-14,17H,15-16H2,1-4H3,(H,25,27). The van der Waals surface area contributed by atoms with E-state index in [-0.39, 0.29) is 30.6 Å². The zero-order chi connectivity index (χ0) is 24.0. The van der Waals surface area contributed by atoms with Crippen molar-refractivity contribution in [2.75, 3.05) is 18.7 Å². The minimum absolute atomic E-state index is 0.0557. The van der Waals surface area contributed by atoms with Crippen LogP contribution in [-0.4, -0.2) is 32.7 Å². The van der Waals surface area contributed by atoms with Crippen LogP contribution in [0.2, 0.25) is 0 Å². The summed E-state index contributed by atoms with van der Waals surface area (Å²) in [6.07, 6.45) is 2.50. The van der Waals surface area contributed by atoms with Gasteiger partial charge in [-0.2, -0.15) is 8.42 Å². The van der Waals surface area contributed by atoms with Gasteiger partial charge in [-0.1, -0.05) is 32.0 Å². The summed E-state index contributed by atoms with van der Waals surface area (Å²) in [5.41, 5.74) is 2.51. The highest BCUT2D eigenvalue weighted by molar-refractivity contribution is 7.86. The van der Waals surface area contributed by atoms with Gasteiger partial charge in [0.25, 0.3) is 0 Å². The molecule has 2 amide bonds. The molecule has 0 atom stereocenters. The topological polar surface area (TPSA) is 98.1 Å². The highest BCUT2D eigenvalue weighted by atomic mass is 32.2. The monoisotopic (exact) mass is 472 g/mol. The number of hydrogen-bond donors (Lipinski definition) is 1. The van der Waals surface area contributed by atoms with E-state index in [0.29, 0.717) is 22.9 Å². The molecule has 0 fully saturated rings. The summed E-state index contributed by atoms with van der Waals surface area (Å²) in [7, 11) is -2.33. The van der Waals surface area contributed by atoms with E-state index in [9.17, 15) is 13.2 Å². The Hall–Kier alpha value is -3.46. The Morgan fingerprint density at radius 2 is 1.79 bits per heavy atom. The molecule has 1 aromatic heterocycles. The third-order valence-corrected chi connectivity index (χ3v) is 5.37. The van der Waals surface area contributed by atoms with E-state index in [1.807, 2.05) is 24.3 Å². The SMILES string of the molecule is COc1ccc(CN(Cc2ccco2)C(=O)Nc2ccc(C(C)C)cc2)cc1OS(C)(=O)=O. The second kappa shape index (κ2) is 10.4. The van der Waals surface area contributed by atoms with Crippen LogP contribution in [0.1, 0.15) is 36.7 Å². The molecule has 0 bridgehead atoms. The summed E-state index contributed by atoms with van der Waals surface area (Å²) in [6.45, 7) is 4.61. The number of nitrogens with zero attached hydrogens (tertiary/aromatic N) is 1. The predicted octanol–water partition coefficient (Wildman–Crippen LogP) is 4.98. The first-order chi connectivity index (χ1) is 15.6. The number of rotatable bonds is 9. The molecule has 0 aliphatic carbocycles. The molecule has 0 saturated heterocycles. The number of carbonyl (C=O) groups excluding carboxylic acids is 1. The third kappa shape index (κ3) is 7.01. The lowest BCUT2D eigenvalue weighted by Crippen LogP contribution is -2.34. The van der Waals surface area contributed by atoms with E-state index in [0.717, 1.165) is 6.26 Å². The van der Waals surface area contributed by atoms with Crippen LogP contribution in [0.3, 0.4) is 0 Å². The van der Waals surface area contributed by atoms with Gasteiger partial charge in [-0.15, -0.1) is 0 Å². The fourth-order valence-electron chi connectivity index (χ4n) is 3.21. The van der Waals surface area contributed by atoms with Crippen LogP contribution < -0.4 is 14.2 Å². The Morgan fingerprint density at radius 1 is 1.06 bits per heavy atom. The molecule has 176 valence electrons. The Labute approximate surface area is 194 Å². The van der Waals surface area contributed by atoms with Crippen molar-refractivity contribution in [3.8, 4) is 11.5 Å². The lowest BCUT2D eigenvalue weighted by Gasteiger charge is -2.23. The van der Waals surface area contributed by atoms with Gasteiger partial charge in [-0.05, 0) is 53.4 Å². The summed E-state index contributed by atoms with van der Waals surface area (Å²) in [5, 5.41) is 2.91. The van der Waals surface area contributed by atoms with E-state index in [4.69, 9.17) is 13.3 Å². The van der Waals surface area contributed by atoms with Crippen LogP contribution in [0.25, 0.3) is 0 Å². The first-order valence-electron chi connectivity index (χ1n) is 10.4. The van der Waals surface area contributed by atoms with Crippen LogP contribution in [-0.2, 0) is 23.2 Å². The van der Waals surface area contributed by atoms with Crippen molar-refractivity contribution in [1.82, 2.24) is 4.90 Å². The maximum absolute atomic E-state index is 13.1. The normalized spacial score (nSPS) is 11.3. The van der Waals surface area contributed by atoms with Gasteiger partial charge in [-0.3, -0.25) is 0 Å². The van der Waals surface area contributed by atoms with Crippen LogP contribution in [0.15, 0.2) is 65.3 Å². The van der Waals surface area contributed by atoms with Crippen molar-refractivity contribution in [2.24, 2.45) is 0 Å². The molecule has 8 nitrogen and oxygen atoms in total. The van der Waals surface area contributed by atoms with Gasteiger partial charge in [0.15, 0.2) is 11.5 Å². The minimum Gasteiger partial charge on any atom is -0.493 e. The summed E-state index contributed by atoms with van der Waals surface area (Å²) in [4.78, 5) is 14.7. The Balaban J connectivity index is 1.83. The Bertz CT molecular complexity index is 1170. The molecular weight excluding hydrogens is 444 g/mol. The first kappa shape index (κ1) is 24.2. The first-order valence-corrected chi connectivity index (χ1v) is 12.2. The van der Waals surface area contributed by atoms with E-state index in [2.05, 4.69) is 19.2 Å². The number of furan rings is 1. The third-order valence-electron chi connectivity index (χ3n) is 4.89. The van der Waals surface area contributed by atoms with Gasteiger partial charge < -0.3 is 23.6 Å². The molecule has 1 N–H and O–H groups in total. The zero-order valence-corrected chi connectivity index (χ0v) is 19.9. The average Bonchev–Trinajstić information content (AvgIpc) is 3.26. The number of carbonyl (C=O) groups is 1. The van der Waals surface area contributed by atoms with Gasteiger partial charge in [0.05, 0.1) is 26.2 Å². The average molecular weight is 473 g/mol. The second-order valence-electron chi connectivity index (χ2n) is 7.91.